The fraction of sp³-hybridized carbons (Fsp3) is 0.857. The zero-order chi connectivity index (χ0) is 17.8. The molecule has 7 atom stereocenters. The summed E-state index contributed by atoms with van der Waals surface area (Å²) in [4.78, 5) is 14.2. The summed E-state index contributed by atoms with van der Waals surface area (Å²) in [5.74, 6) is 1.09. The van der Waals surface area contributed by atoms with Crippen molar-refractivity contribution in [3.8, 4) is 0 Å². The molecule has 0 aromatic rings. The van der Waals surface area contributed by atoms with Crippen molar-refractivity contribution in [1.29, 1.82) is 0 Å². The van der Waals surface area contributed by atoms with Gasteiger partial charge in [-0.3, -0.25) is 4.79 Å². The summed E-state index contributed by atoms with van der Waals surface area (Å²) in [6.45, 7) is 14.0. The first-order valence-corrected chi connectivity index (χ1v) is 10.2. The van der Waals surface area contributed by atoms with E-state index in [9.17, 15) is 4.79 Å². The lowest BCUT2D eigenvalue weighted by molar-refractivity contribution is -0.917. The number of fused-ring (bicyclic) bond motifs is 2. The quantitative estimate of drug-likeness (QED) is 0.613. The van der Waals surface area contributed by atoms with Crippen LogP contribution in [0.2, 0.25) is 0 Å². The van der Waals surface area contributed by atoms with Crippen LogP contribution in [0, 0.1) is 23.2 Å². The molecule has 0 spiro atoms. The first-order valence-electron chi connectivity index (χ1n) is 10.2. The van der Waals surface area contributed by atoms with Gasteiger partial charge < -0.3 is 14.4 Å². The van der Waals surface area contributed by atoms with Gasteiger partial charge in [-0.2, -0.15) is 0 Å². The number of esters is 1. The van der Waals surface area contributed by atoms with Crippen LogP contribution in [0.5, 0.6) is 0 Å². The molecule has 0 unspecified atom stereocenters. The Labute approximate surface area is 151 Å². The lowest BCUT2D eigenvalue weighted by Gasteiger charge is -2.50. The third-order valence-corrected chi connectivity index (χ3v) is 7.45. The van der Waals surface area contributed by atoms with E-state index in [4.69, 9.17) is 9.47 Å². The van der Waals surface area contributed by atoms with E-state index in [0.29, 0.717) is 17.3 Å². The molecule has 4 rings (SSSR count). The molecule has 1 N–H and O–H groups in total. The Bertz CT molecular complexity index is 551. The van der Waals surface area contributed by atoms with E-state index in [1.54, 1.807) is 0 Å². The van der Waals surface area contributed by atoms with E-state index < -0.39 is 0 Å². The summed E-state index contributed by atoms with van der Waals surface area (Å²) < 4.78 is 11.8. The SMILES string of the molecule is C=C1CCC[C@@]2(C)C[C@@H]3OC(=O)[C@@H](C[NH+]4C[C@@H](C)O[C@H](C)C4)[C@H]3C[C@H]12. The molecule has 2 saturated carbocycles. The monoisotopic (exact) mass is 348 g/mol. The molecule has 0 radical (unpaired) electrons. The van der Waals surface area contributed by atoms with Gasteiger partial charge in [0.05, 0.1) is 6.54 Å². The minimum atomic E-state index is 0.0576. The van der Waals surface area contributed by atoms with Gasteiger partial charge in [-0.05, 0) is 57.3 Å². The highest BCUT2D eigenvalue weighted by Gasteiger charge is 2.56. The number of nitrogens with one attached hydrogen (secondary N) is 1. The van der Waals surface area contributed by atoms with Crippen LogP contribution in [0.25, 0.3) is 0 Å². The van der Waals surface area contributed by atoms with Gasteiger partial charge in [-0.1, -0.05) is 19.1 Å². The van der Waals surface area contributed by atoms with Gasteiger partial charge in [0.15, 0.2) is 0 Å². The summed E-state index contributed by atoms with van der Waals surface area (Å²) in [6.07, 6.45) is 6.50. The number of rotatable bonds is 2. The van der Waals surface area contributed by atoms with Gasteiger partial charge in [0, 0.05) is 5.92 Å². The van der Waals surface area contributed by atoms with Gasteiger partial charge >= 0.3 is 5.97 Å². The molecular formula is C21H34NO3+. The lowest BCUT2D eigenvalue weighted by atomic mass is 9.55. The van der Waals surface area contributed by atoms with Crippen molar-refractivity contribution >= 4 is 5.97 Å². The lowest BCUT2D eigenvalue weighted by Crippen LogP contribution is -3.16. The largest absolute Gasteiger partial charge is 0.462 e. The van der Waals surface area contributed by atoms with Crippen molar-refractivity contribution in [3.05, 3.63) is 12.2 Å². The Kier molecular flexibility index (Phi) is 4.48. The Hall–Kier alpha value is -0.870. The van der Waals surface area contributed by atoms with Crippen LogP contribution in [0.1, 0.15) is 52.9 Å². The summed E-state index contributed by atoms with van der Waals surface area (Å²) in [7, 11) is 0. The van der Waals surface area contributed by atoms with Crippen LogP contribution in [0.3, 0.4) is 0 Å². The van der Waals surface area contributed by atoms with E-state index >= 15 is 0 Å². The molecular weight excluding hydrogens is 314 g/mol. The van der Waals surface area contributed by atoms with Gasteiger partial charge in [-0.15, -0.1) is 0 Å². The maximum absolute atomic E-state index is 12.7. The molecule has 0 bridgehead atoms. The average molecular weight is 349 g/mol. The molecule has 0 aromatic heterocycles. The van der Waals surface area contributed by atoms with Crippen molar-refractivity contribution in [2.45, 2.75) is 71.2 Å². The van der Waals surface area contributed by atoms with Gasteiger partial charge in [0.25, 0.3) is 0 Å². The Morgan fingerprint density at radius 3 is 2.72 bits per heavy atom. The fourth-order valence-electron chi connectivity index (χ4n) is 6.36. The first-order chi connectivity index (χ1) is 11.9. The van der Waals surface area contributed by atoms with E-state index in [-0.39, 0.29) is 30.2 Å². The van der Waals surface area contributed by atoms with Crippen LogP contribution in [-0.2, 0) is 14.3 Å². The number of carbonyl (C=O) groups is 1. The molecule has 4 aliphatic rings. The normalized spacial score (nSPS) is 50.1. The van der Waals surface area contributed by atoms with Crippen LogP contribution in [-0.4, -0.2) is 43.9 Å². The maximum Gasteiger partial charge on any atom is 0.315 e. The molecule has 2 aliphatic carbocycles. The fourth-order valence-corrected chi connectivity index (χ4v) is 6.36. The smallest absolute Gasteiger partial charge is 0.315 e. The highest BCUT2D eigenvalue weighted by Crippen LogP contribution is 2.56. The van der Waals surface area contributed by atoms with Crippen molar-refractivity contribution in [3.63, 3.8) is 0 Å². The van der Waals surface area contributed by atoms with Crippen LogP contribution in [0.4, 0.5) is 0 Å². The predicted molar refractivity (Wildman–Crippen MR) is 96.3 cm³/mol. The number of ether oxygens (including phenoxy) is 2. The van der Waals surface area contributed by atoms with Crippen LogP contribution < -0.4 is 4.90 Å². The van der Waals surface area contributed by atoms with Crippen molar-refractivity contribution in [2.75, 3.05) is 19.6 Å². The van der Waals surface area contributed by atoms with Crippen molar-refractivity contribution in [2.24, 2.45) is 23.2 Å². The van der Waals surface area contributed by atoms with Crippen LogP contribution in [0.15, 0.2) is 12.2 Å². The Morgan fingerprint density at radius 2 is 2.00 bits per heavy atom. The number of hydrogen-bond acceptors (Lipinski definition) is 3. The van der Waals surface area contributed by atoms with Gasteiger partial charge in [-0.25, -0.2) is 0 Å². The standard InChI is InChI=1S/C21H33NO3/c1-13-6-5-7-21(4)9-19-16(8-18(13)21)17(20(23)25-19)12-22-10-14(2)24-15(3)11-22/h14-19H,1,5-12H2,2-4H3/p+1/t14-,15-,16-,17+,18-,19+,21+/m1/s1. The number of carbonyl (C=O) groups excluding carboxylic acids is 1. The first kappa shape index (κ1) is 17.5. The second kappa shape index (κ2) is 6.38. The zero-order valence-corrected chi connectivity index (χ0v) is 16.1. The molecule has 0 amide bonds. The minimum Gasteiger partial charge on any atom is -0.462 e. The maximum atomic E-state index is 12.7. The molecule has 140 valence electrons. The molecule has 4 nitrogen and oxygen atoms in total. The van der Waals surface area contributed by atoms with E-state index in [2.05, 4.69) is 27.4 Å². The molecule has 25 heavy (non-hydrogen) atoms. The number of allylic oxidation sites excluding steroid dienone is 1. The van der Waals surface area contributed by atoms with E-state index in [0.717, 1.165) is 32.5 Å². The molecule has 2 saturated heterocycles. The second-order valence-corrected chi connectivity index (χ2v) is 9.52. The minimum absolute atomic E-state index is 0.0576. The van der Waals surface area contributed by atoms with Crippen molar-refractivity contribution < 1.29 is 19.2 Å². The number of morpholine rings is 1. The summed E-state index contributed by atoms with van der Waals surface area (Å²) in [6, 6.07) is 0. The van der Waals surface area contributed by atoms with Crippen molar-refractivity contribution in [1.82, 2.24) is 0 Å². The number of quaternary nitrogens is 1. The number of hydrogen-bond donors (Lipinski definition) is 1. The highest BCUT2D eigenvalue weighted by molar-refractivity contribution is 5.75. The Balaban J connectivity index is 1.49. The molecule has 4 fully saturated rings. The second-order valence-electron chi connectivity index (χ2n) is 9.52. The molecule has 0 aromatic carbocycles. The van der Waals surface area contributed by atoms with Gasteiger partial charge in [0.2, 0.25) is 0 Å². The third kappa shape index (κ3) is 3.16. The topological polar surface area (TPSA) is 40.0 Å². The summed E-state index contributed by atoms with van der Waals surface area (Å²) in [5, 5.41) is 0. The molecule has 2 aliphatic heterocycles. The van der Waals surface area contributed by atoms with Crippen LogP contribution >= 0.6 is 0 Å². The third-order valence-electron chi connectivity index (χ3n) is 7.45. The summed E-state index contributed by atoms with van der Waals surface area (Å²) in [5.41, 5.74) is 1.71. The summed E-state index contributed by atoms with van der Waals surface area (Å²) >= 11 is 0. The Morgan fingerprint density at radius 1 is 1.28 bits per heavy atom. The van der Waals surface area contributed by atoms with E-state index in [1.165, 1.54) is 29.7 Å². The zero-order valence-electron chi connectivity index (χ0n) is 16.1. The predicted octanol–water partition coefficient (Wildman–Crippen LogP) is 1.99. The van der Waals surface area contributed by atoms with E-state index in [1.807, 2.05) is 0 Å². The average Bonchev–Trinajstić information content (AvgIpc) is 2.79. The van der Waals surface area contributed by atoms with Gasteiger partial charge in [0.1, 0.15) is 37.3 Å². The molecule has 2 heterocycles. The molecule has 4 heteroatoms. The highest BCUT2D eigenvalue weighted by atomic mass is 16.6.